The zero-order valence-corrected chi connectivity index (χ0v) is 21.9. The maximum atomic E-state index is 10.6. The Morgan fingerprint density at radius 1 is 1.02 bits per heavy atom. The topological polar surface area (TPSA) is 131 Å². The van der Waals surface area contributed by atoms with Gasteiger partial charge in [0.1, 0.15) is 0 Å². The molecule has 0 aromatic carbocycles. The molecule has 0 aliphatic carbocycles. The van der Waals surface area contributed by atoms with Crippen molar-refractivity contribution in [2.75, 3.05) is 13.2 Å². The highest BCUT2D eigenvalue weighted by Crippen LogP contribution is 2.23. The van der Waals surface area contributed by atoms with Gasteiger partial charge in [0.25, 0.3) is 0 Å². The maximum Gasteiger partial charge on any atom is 0.490 e. The molecule has 0 radical (unpaired) electrons. The number of rotatable bonds is 6. The van der Waals surface area contributed by atoms with Gasteiger partial charge in [0.15, 0.2) is 0 Å². The maximum absolute atomic E-state index is 10.6. The molecule has 17 heteroatoms. The number of thiazole rings is 1. The van der Waals surface area contributed by atoms with Crippen LogP contribution in [0.2, 0.25) is 0 Å². The molecule has 1 aliphatic heterocycles. The number of aromatic nitrogens is 4. The lowest BCUT2D eigenvalue weighted by molar-refractivity contribution is -0.193. The number of hydrogen-bond donors (Lipinski definition) is 2. The number of ether oxygens (including phenoxy) is 1. The van der Waals surface area contributed by atoms with Crippen molar-refractivity contribution < 1.29 is 50.9 Å². The van der Waals surface area contributed by atoms with Gasteiger partial charge in [-0.3, -0.25) is 14.6 Å². The fourth-order valence-electron chi connectivity index (χ4n) is 3.40. The quantitative estimate of drug-likeness (QED) is 0.397. The molecule has 3 aromatic rings. The minimum absolute atomic E-state index is 0.207. The van der Waals surface area contributed by atoms with Crippen LogP contribution in [-0.2, 0) is 34.0 Å². The van der Waals surface area contributed by atoms with Gasteiger partial charge in [-0.1, -0.05) is 6.07 Å². The minimum atomic E-state index is -5.08. The summed E-state index contributed by atoms with van der Waals surface area (Å²) in [6.45, 7) is 7.87. The Balaban J connectivity index is 0.000000333. The van der Waals surface area contributed by atoms with E-state index in [0.29, 0.717) is 13.2 Å². The lowest BCUT2D eigenvalue weighted by Gasteiger charge is -2.33. The summed E-state index contributed by atoms with van der Waals surface area (Å²) >= 11 is 1.71. The van der Waals surface area contributed by atoms with E-state index in [1.54, 1.807) is 11.3 Å². The number of alkyl halides is 6. The van der Waals surface area contributed by atoms with Crippen LogP contribution in [0.15, 0.2) is 35.8 Å². The number of carboxylic acid groups (broad SMARTS) is 2. The van der Waals surface area contributed by atoms with Gasteiger partial charge in [-0.15, -0.1) is 11.3 Å². The first-order chi connectivity index (χ1) is 18.6. The summed E-state index contributed by atoms with van der Waals surface area (Å²) in [5, 5.41) is 22.0. The van der Waals surface area contributed by atoms with Crippen molar-refractivity contribution in [3.8, 4) is 0 Å². The number of halogens is 6. The molecule has 0 bridgehead atoms. The van der Waals surface area contributed by atoms with Crippen LogP contribution in [0.1, 0.15) is 33.8 Å². The van der Waals surface area contributed by atoms with Crippen LogP contribution in [0.5, 0.6) is 0 Å². The van der Waals surface area contributed by atoms with E-state index in [0.717, 1.165) is 41.7 Å². The van der Waals surface area contributed by atoms with Crippen molar-refractivity contribution >= 4 is 23.3 Å². The first-order valence-electron chi connectivity index (χ1n) is 11.3. The second-order valence-electron chi connectivity index (χ2n) is 8.34. The third-order valence-electron chi connectivity index (χ3n) is 5.00. The van der Waals surface area contributed by atoms with Gasteiger partial charge in [0, 0.05) is 36.9 Å². The molecular weight excluding hydrogens is 572 g/mol. The standard InChI is InChI=1S/C19H23N5OS.2C2HF3O2/c1-14-4-3-5-16(21-14)11-25-12-19-10-23(8-17-13-26-15(2)22-17)9-18-6-7-20-24(18)19;2*3-2(4,5)1(6)7/h3-7,13,19H,8-12H2,1-2H3;2*(H,6,7). The number of aryl methyl sites for hydroxylation is 2. The van der Waals surface area contributed by atoms with Crippen LogP contribution in [0.25, 0.3) is 0 Å². The number of carbonyl (C=O) groups is 2. The van der Waals surface area contributed by atoms with Gasteiger partial charge in [-0.2, -0.15) is 31.4 Å². The minimum Gasteiger partial charge on any atom is -0.475 e. The Hall–Kier alpha value is -3.57. The van der Waals surface area contributed by atoms with Crippen molar-refractivity contribution in [3.63, 3.8) is 0 Å². The van der Waals surface area contributed by atoms with E-state index in [2.05, 4.69) is 43.0 Å². The van der Waals surface area contributed by atoms with E-state index < -0.39 is 24.3 Å². The molecule has 0 fully saturated rings. The fraction of sp³-hybridized carbons (Fsp3) is 0.435. The molecule has 10 nitrogen and oxygen atoms in total. The molecule has 40 heavy (non-hydrogen) atoms. The van der Waals surface area contributed by atoms with Crippen molar-refractivity contribution in [2.45, 2.75) is 51.9 Å². The monoisotopic (exact) mass is 597 g/mol. The Morgan fingerprint density at radius 3 is 2.17 bits per heavy atom. The number of aliphatic carboxylic acids is 2. The van der Waals surface area contributed by atoms with E-state index in [1.807, 2.05) is 31.3 Å². The Morgan fingerprint density at radius 2 is 1.65 bits per heavy atom. The lowest BCUT2D eigenvalue weighted by Crippen LogP contribution is -2.39. The average molecular weight is 598 g/mol. The summed E-state index contributed by atoms with van der Waals surface area (Å²) < 4.78 is 71.6. The zero-order chi connectivity index (χ0) is 30.1. The molecule has 4 heterocycles. The van der Waals surface area contributed by atoms with Crippen LogP contribution in [0.4, 0.5) is 26.3 Å². The number of carboxylic acids is 2. The largest absolute Gasteiger partial charge is 0.490 e. The third-order valence-corrected chi connectivity index (χ3v) is 5.82. The second kappa shape index (κ2) is 14.2. The van der Waals surface area contributed by atoms with Gasteiger partial charge in [-0.25, -0.2) is 14.6 Å². The van der Waals surface area contributed by atoms with Crippen LogP contribution >= 0.6 is 11.3 Å². The molecule has 0 spiro atoms. The van der Waals surface area contributed by atoms with Gasteiger partial charge < -0.3 is 14.9 Å². The number of hydrogen-bond acceptors (Lipinski definition) is 8. The summed E-state index contributed by atoms with van der Waals surface area (Å²) in [5.74, 6) is -5.51. The lowest BCUT2D eigenvalue weighted by atomic mass is 10.2. The normalized spacial score (nSPS) is 15.2. The molecule has 4 rings (SSSR count). The molecule has 1 aliphatic rings. The summed E-state index contributed by atoms with van der Waals surface area (Å²) in [5.41, 5.74) is 4.36. The molecule has 1 atom stereocenters. The van der Waals surface area contributed by atoms with E-state index in [9.17, 15) is 26.3 Å². The summed E-state index contributed by atoms with van der Waals surface area (Å²) in [6, 6.07) is 8.32. The van der Waals surface area contributed by atoms with Gasteiger partial charge >= 0.3 is 24.3 Å². The molecule has 3 aromatic heterocycles. The van der Waals surface area contributed by atoms with E-state index in [-0.39, 0.29) is 6.04 Å². The summed E-state index contributed by atoms with van der Waals surface area (Å²) in [6.07, 6.45) is -8.29. The average Bonchev–Trinajstić information content (AvgIpc) is 3.47. The van der Waals surface area contributed by atoms with Crippen molar-refractivity contribution in [2.24, 2.45) is 0 Å². The van der Waals surface area contributed by atoms with Crippen molar-refractivity contribution in [3.05, 3.63) is 63.6 Å². The molecule has 0 saturated heterocycles. The highest BCUT2D eigenvalue weighted by Gasteiger charge is 2.38. The van der Waals surface area contributed by atoms with Crippen LogP contribution < -0.4 is 0 Å². The van der Waals surface area contributed by atoms with Gasteiger partial charge in [-0.05, 0) is 32.0 Å². The highest BCUT2D eigenvalue weighted by atomic mass is 32.1. The van der Waals surface area contributed by atoms with Crippen LogP contribution in [-0.4, -0.2) is 72.3 Å². The molecule has 2 N–H and O–H groups in total. The fourth-order valence-corrected chi connectivity index (χ4v) is 4.00. The van der Waals surface area contributed by atoms with Crippen LogP contribution in [0, 0.1) is 13.8 Å². The van der Waals surface area contributed by atoms with E-state index in [4.69, 9.17) is 24.5 Å². The third kappa shape index (κ3) is 10.9. The SMILES string of the molecule is Cc1cccc(COCC2CN(Cc3csc(C)n3)Cc3ccnn32)n1.O=C(O)C(F)(F)F.O=C(O)C(F)(F)F. The van der Waals surface area contributed by atoms with Gasteiger partial charge in [0.05, 0.1) is 41.3 Å². The van der Waals surface area contributed by atoms with Crippen LogP contribution in [0.3, 0.4) is 0 Å². The highest BCUT2D eigenvalue weighted by molar-refractivity contribution is 7.09. The zero-order valence-electron chi connectivity index (χ0n) is 21.1. The Kier molecular flexibility index (Phi) is 11.6. The second-order valence-corrected chi connectivity index (χ2v) is 9.40. The van der Waals surface area contributed by atoms with Crippen molar-refractivity contribution in [1.82, 2.24) is 24.6 Å². The predicted molar refractivity (Wildman–Crippen MR) is 128 cm³/mol. The molecule has 1 unspecified atom stereocenters. The Labute approximate surface area is 227 Å². The number of fused-ring (bicyclic) bond motifs is 1. The smallest absolute Gasteiger partial charge is 0.475 e. The number of pyridine rings is 1. The summed E-state index contributed by atoms with van der Waals surface area (Å²) in [4.78, 5) is 29.3. The van der Waals surface area contributed by atoms with Crippen molar-refractivity contribution in [1.29, 1.82) is 0 Å². The first-order valence-corrected chi connectivity index (χ1v) is 12.2. The summed E-state index contributed by atoms with van der Waals surface area (Å²) in [7, 11) is 0. The molecule has 220 valence electrons. The molecule has 0 amide bonds. The molecule has 0 saturated carbocycles. The van der Waals surface area contributed by atoms with Gasteiger partial charge in [0.2, 0.25) is 0 Å². The predicted octanol–water partition coefficient (Wildman–Crippen LogP) is 4.39. The first kappa shape index (κ1) is 32.6. The Bertz CT molecular complexity index is 1240. The van der Waals surface area contributed by atoms with E-state index in [1.165, 1.54) is 5.69 Å². The number of nitrogens with zero attached hydrogens (tertiary/aromatic N) is 5. The molecular formula is C23H25F6N5O5S. The van der Waals surface area contributed by atoms with E-state index >= 15 is 0 Å².